The average molecular weight is 185 g/mol. The number of aromatic nitrogens is 2. The summed E-state index contributed by atoms with van der Waals surface area (Å²) in [4.78, 5) is 0. The quantitative estimate of drug-likeness (QED) is 0.778. The van der Waals surface area contributed by atoms with Gasteiger partial charge in [0.15, 0.2) is 0 Å². The number of nitrogens with one attached hydrogen (secondary N) is 1. The number of rotatable bonds is 4. The summed E-state index contributed by atoms with van der Waals surface area (Å²) in [5.74, 6) is 0. The summed E-state index contributed by atoms with van der Waals surface area (Å²) in [7, 11) is 0. The molecule has 0 aromatic carbocycles. The van der Waals surface area contributed by atoms with Gasteiger partial charge in [0.05, 0.1) is 6.04 Å². The highest BCUT2D eigenvalue weighted by atomic mass is 32.1. The number of nitrogens with zero attached hydrogens (tertiary/aromatic N) is 2. The van der Waals surface area contributed by atoms with Crippen LogP contribution >= 0.6 is 11.3 Å². The maximum Gasteiger partial charge on any atom is 0.134 e. The van der Waals surface area contributed by atoms with Gasteiger partial charge in [-0.2, -0.15) is 0 Å². The smallest absolute Gasteiger partial charge is 0.134 e. The van der Waals surface area contributed by atoms with Crippen molar-refractivity contribution in [2.45, 2.75) is 33.2 Å². The van der Waals surface area contributed by atoms with Gasteiger partial charge in [0.2, 0.25) is 0 Å². The van der Waals surface area contributed by atoms with Crippen LogP contribution in [0.5, 0.6) is 0 Å². The van der Waals surface area contributed by atoms with Gasteiger partial charge in [-0.05, 0) is 19.9 Å². The van der Waals surface area contributed by atoms with E-state index in [-0.39, 0.29) is 0 Å². The van der Waals surface area contributed by atoms with Gasteiger partial charge in [-0.3, -0.25) is 0 Å². The molecule has 0 amide bonds. The molecule has 0 bridgehead atoms. The van der Waals surface area contributed by atoms with Crippen LogP contribution in [0.4, 0.5) is 0 Å². The van der Waals surface area contributed by atoms with Crippen LogP contribution in [0.3, 0.4) is 0 Å². The van der Waals surface area contributed by atoms with E-state index in [1.165, 1.54) is 0 Å². The number of hydrogen-bond acceptors (Lipinski definition) is 4. The molecule has 3 nitrogen and oxygen atoms in total. The van der Waals surface area contributed by atoms with Crippen LogP contribution in [0.2, 0.25) is 0 Å². The van der Waals surface area contributed by atoms with Gasteiger partial charge < -0.3 is 5.32 Å². The summed E-state index contributed by atoms with van der Waals surface area (Å²) < 4.78 is 0. The Bertz CT molecular complexity index is 234. The second-order valence-electron chi connectivity index (χ2n) is 2.68. The lowest BCUT2D eigenvalue weighted by Gasteiger charge is -2.10. The van der Waals surface area contributed by atoms with E-state index in [1.54, 1.807) is 11.3 Å². The van der Waals surface area contributed by atoms with Crippen molar-refractivity contribution in [2.24, 2.45) is 0 Å². The molecule has 1 rings (SSSR count). The van der Waals surface area contributed by atoms with Crippen molar-refractivity contribution in [3.8, 4) is 0 Å². The Balaban J connectivity index is 2.66. The molecule has 1 aromatic heterocycles. The average Bonchev–Trinajstić information content (AvgIpc) is 2.47. The molecular formula is C8H15N3S. The molecule has 0 aliphatic heterocycles. The number of hydrogen-bond donors (Lipinski definition) is 1. The van der Waals surface area contributed by atoms with Gasteiger partial charge in [-0.25, -0.2) is 0 Å². The maximum atomic E-state index is 4.11. The fourth-order valence-electron chi connectivity index (χ4n) is 1.11. The minimum Gasteiger partial charge on any atom is -0.308 e. The second kappa shape index (κ2) is 4.52. The summed E-state index contributed by atoms with van der Waals surface area (Å²) in [6.45, 7) is 7.23. The van der Waals surface area contributed by atoms with E-state index in [4.69, 9.17) is 0 Å². The third-order valence-electron chi connectivity index (χ3n) is 1.70. The molecule has 0 saturated carbocycles. The van der Waals surface area contributed by atoms with Crippen LogP contribution < -0.4 is 5.32 Å². The van der Waals surface area contributed by atoms with Crippen LogP contribution in [0.1, 0.15) is 36.3 Å². The van der Waals surface area contributed by atoms with Crippen LogP contribution in [-0.4, -0.2) is 16.7 Å². The molecule has 1 N–H and O–H groups in total. The SMILES string of the molecule is CCNC(CC)c1nnc(C)s1. The first-order chi connectivity index (χ1) is 5.77. The third kappa shape index (κ3) is 2.25. The molecule has 1 unspecified atom stereocenters. The van der Waals surface area contributed by atoms with E-state index < -0.39 is 0 Å². The van der Waals surface area contributed by atoms with Gasteiger partial charge in [-0.15, -0.1) is 21.5 Å². The van der Waals surface area contributed by atoms with E-state index in [0.29, 0.717) is 6.04 Å². The van der Waals surface area contributed by atoms with Crippen molar-refractivity contribution in [2.75, 3.05) is 6.54 Å². The standard InChI is InChI=1S/C8H15N3S/c1-4-7(9-5-2)8-11-10-6(3)12-8/h7,9H,4-5H2,1-3H3. The fourth-order valence-corrected chi connectivity index (χ4v) is 1.96. The number of aryl methyl sites for hydroxylation is 1. The molecule has 1 heterocycles. The minimum absolute atomic E-state index is 0.390. The van der Waals surface area contributed by atoms with Gasteiger partial charge in [0.1, 0.15) is 10.0 Å². The lowest BCUT2D eigenvalue weighted by Crippen LogP contribution is -2.19. The van der Waals surface area contributed by atoms with Crippen LogP contribution in [0.15, 0.2) is 0 Å². The monoisotopic (exact) mass is 185 g/mol. The molecule has 0 aliphatic rings. The van der Waals surface area contributed by atoms with Crippen LogP contribution in [0.25, 0.3) is 0 Å². The molecule has 0 spiro atoms. The molecule has 4 heteroatoms. The molecule has 68 valence electrons. The highest BCUT2D eigenvalue weighted by Crippen LogP contribution is 2.19. The summed E-state index contributed by atoms with van der Waals surface area (Å²) in [6.07, 6.45) is 1.07. The molecule has 1 aromatic rings. The van der Waals surface area contributed by atoms with Crippen molar-refractivity contribution in [3.63, 3.8) is 0 Å². The predicted octanol–water partition coefficient (Wildman–Crippen LogP) is 1.91. The molecule has 0 saturated heterocycles. The normalized spacial score (nSPS) is 13.2. The second-order valence-corrected chi connectivity index (χ2v) is 3.89. The molecule has 12 heavy (non-hydrogen) atoms. The predicted molar refractivity (Wildman–Crippen MR) is 51.4 cm³/mol. The largest absolute Gasteiger partial charge is 0.308 e. The highest BCUT2D eigenvalue weighted by Gasteiger charge is 2.11. The Morgan fingerprint density at radius 2 is 2.17 bits per heavy atom. The van der Waals surface area contributed by atoms with Crippen molar-refractivity contribution < 1.29 is 0 Å². The maximum absolute atomic E-state index is 4.11. The lowest BCUT2D eigenvalue weighted by atomic mass is 10.2. The van der Waals surface area contributed by atoms with Crippen molar-refractivity contribution >= 4 is 11.3 Å². The summed E-state index contributed by atoms with van der Waals surface area (Å²) in [5, 5.41) is 13.6. The molecular weight excluding hydrogens is 170 g/mol. The molecule has 0 radical (unpaired) electrons. The topological polar surface area (TPSA) is 37.8 Å². The van der Waals surface area contributed by atoms with Gasteiger partial charge >= 0.3 is 0 Å². The van der Waals surface area contributed by atoms with E-state index in [2.05, 4.69) is 29.4 Å². The zero-order chi connectivity index (χ0) is 8.97. The van der Waals surface area contributed by atoms with Crippen LogP contribution in [0, 0.1) is 6.92 Å². The Kier molecular flexibility index (Phi) is 3.62. The van der Waals surface area contributed by atoms with Gasteiger partial charge in [0, 0.05) is 0 Å². The Morgan fingerprint density at radius 3 is 2.58 bits per heavy atom. The van der Waals surface area contributed by atoms with E-state index >= 15 is 0 Å². The van der Waals surface area contributed by atoms with Gasteiger partial charge in [0.25, 0.3) is 0 Å². The zero-order valence-electron chi connectivity index (χ0n) is 7.79. The summed E-state index contributed by atoms with van der Waals surface area (Å²) >= 11 is 1.68. The summed E-state index contributed by atoms with van der Waals surface area (Å²) in [6, 6.07) is 0.390. The van der Waals surface area contributed by atoms with Crippen LogP contribution in [-0.2, 0) is 0 Å². The first-order valence-corrected chi connectivity index (χ1v) is 5.13. The highest BCUT2D eigenvalue weighted by molar-refractivity contribution is 7.11. The molecule has 1 atom stereocenters. The molecule has 0 fully saturated rings. The van der Waals surface area contributed by atoms with Crippen molar-refractivity contribution in [3.05, 3.63) is 10.0 Å². The molecule has 0 aliphatic carbocycles. The minimum atomic E-state index is 0.390. The Hall–Kier alpha value is -0.480. The zero-order valence-corrected chi connectivity index (χ0v) is 8.61. The first-order valence-electron chi connectivity index (χ1n) is 4.31. The van der Waals surface area contributed by atoms with E-state index in [9.17, 15) is 0 Å². The Morgan fingerprint density at radius 1 is 1.42 bits per heavy atom. The first kappa shape index (κ1) is 9.61. The van der Waals surface area contributed by atoms with Gasteiger partial charge in [-0.1, -0.05) is 13.8 Å². The van der Waals surface area contributed by atoms with Crippen molar-refractivity contribution in [1.29, 1.82) is 0 Å². The lowest BCUT2D eigenvalue weighted by molar-refractivity contribution is 0.531. The van der Waals surface area contributed by atoms with E-state index in [1.807, 2.05) is 6.92 Å². The fraction of sp³-hybridized carbons (Fsp3) is 0.750. The summed E-state index contributed by atoms with van der Waals surface area (Å²) in [5.41, 5.74) is 0. The van der Waals surface area contributed by atoms with Crippen molar-refractivity contribution in [1.82, 2.24) is 15.5 Å². The Labute approximate surface area is 77.2 Å². The third-order valence-corrected chi connectivity index (χ3v) is 2.65. The van der Waals surface area contributed by atoms with E-state index in [0.717, 1.165) is 23.0 Å².